The van der Waals surface area contributed by atoms with Gasteiger partial charge in [-0.3, -0.25) is 9.48 Å². The monoisotopic (exact) mass is 359 g/mol. The number of nitrogens with zero attached hydrogens (tertiary/aromatic N) is 2. The van der Waals surface area contributed by atoms with E-state index in [-0.39, 0.29) is 18.3 Å². The highest BCUT2D eigenvalue weighted by molar-refractivity contribution is 6.32. The van der Waals surface area contributed by atoms with Crippen molar-refractivity contribution in [1.29, 1.82) is 0 Å². The van der Waals surface area contributed by atoms with Gasteiger partial charge in [-0.2, -0.15) is 5.10 Å². The van der Waals surface area contributed by atoms with E-state index in [0.717, 1.165) is 12.2 Å². The molecule has 1 N–H and O–H groups in total. The second-order valence-electron chi connectivity index (χ2n) is 5.40. The molecule has 0 unspecified atom stereocenters. The SMILES string of the molecule is CCn1ncc(NC(=O)c2ccc(COc3ccccc3Cl)o2)c1C. The molecule has 25 heavy (non-hydrogen) atoms. The molecule has 1 amide bonds. The summed E-state index contributed by atoms with van der Waals surface area (Å²) in [6.07, 6.45) is 1.63. The smallest absolute Gasteiger partial charge is 0.291 e. The number of carbonyl (C=O) groups excluding carboxylic acids is 1. The van der Waals surface area contributed by atoms with E-state index in [1.807, 2.05) is 26.0 Å². The molecule has 3 aromatic rings. The summed E-state index contributed by atoms with van der Waals surface area (Å²) in [7, 11) is 0. The molecule has 0 aliphatic carbocycles. The predicted octanol–water partition coefficient (Wildman–Crippen LogP) is 4.29. The molecule has 0 aliphatic heterocycles. The second kappa shape index (κ2) is 7.44. The topological polar surface area (TPSA) is 69.3 Å². The number of aryl methyl sites for hydroxylation is 1. The minimum atomic E-state index is -0.331. The van der Waals surface area contributed by atoms with Gasteiger partial charge in [0.05, 0.1) is 22.6 Å². The number of rotatable bonds is 6. The number of hydrogen-bond acceptors (Lipinski definition) is 4. The summed E-state index contributed by atoms with van der Waals surface area (Å²) in [6, 6.07) is 10.5. The Morgan fingerprint density at radius 3 is 2.84 bits per heavy atom. The first-order valence-corrected chi connectivity index (χ1v) is 8.26. The summed E-state index contributed by atoms with van der Waals surface area (Å²) in [5.74, 6) is 0.976. The predicted molar refractivity (Wildman–Crippen MR) is 95.1 cm³/mol. The summed E-state index contributed by atoms with van der Waals surface area (Å²) in [4.78, 5) is 12.3. The Morgan fingerprint density at radius 1 is 1.32 bits per heavy atom. The van der Waals surface area contributed by atoms with E-state index in [0.29, 0.717) is 22.2 Å². The maximum atomic E-state index is 12.3. The second-order valence-corrected chi connectivity index (χ2v) is 5.81. The third kappa shape index (κ3) is 3.85. The third-order valence-corrected chi connectivity index (χ3v) is 4.06. The van der Waals surface area contributed by atoms with E-state index >= 15 is 0 Å². The summed E-state index contributed by atoms with van der Waals surface area (Å²) in [5.41, 5.74) is 1.56. The first-order chi connectivity index (χ1) is 12.1. The zero-order valence-electron chi connectivity index (χ0n) is 14.0. The van der Waals surface area contributed by atoms with Gasteiger partial charge in [0.1, 0.15) is 18.1 Å². The van der Waals surface area contributed by atoms with Crippen molar-refractivity contribution in [1.82, 2.24) is 9.78 Å². The van der Waals surface area contributed by atoms with E-state index < -0.39 is 0 Å². The standard InChI is InChI=1S/C18H18ClN3O3/c1-3-22-12(2)15(10-20-22)21-18(23)17-9-8-13(25-17)11-24-16-7-5-4-6-14(16)19/h4-10H,3,11H2,1-2H3,(H,21,23). The van der Waals surface area contributed by atoms with Crippen molar-refractivity contribution in [3.63, 3.8) is 0 Å². The number of furan rings is 1. The van der Waals surface area contributed by atoms with Crippen molar-refractivity contribution in [2.45, 2.75) is 27.0 Å². The zero-order valence-corrected chi connectivity index (χ0v) is 14.7. The Morgan fingerprint density at radius 2 is 2.12 bits per heavy atom. The number of aromatic nitrogens is 2. The van der Waals surface area contributed by atoms with E-state index in [2.05, 4.69) is 10.4 Å². The molecule has 0 radical (unpaired) electrons. The van der Waals surface area contributed by atoms with Gasteiger partial charge in [-0.1, -0.05) is 23.7 Å². The van der Waals surface area contributed by atoms with Crippen molar-refractivity contribution in [3.05, 3.63) is 64.8 Å². The van der Waals surface area contributed by atoms with E-state index in [4.69, 9.17) is 20.8 Å². The van der Waals surface area contributed by atoms with E-state index in [9.17, 15) is 4.79 Å². The normalized spacial score (nSPS) is 10.7. The Labute approximate surface area is 150 Å². The quantitative estimate of drug-likeness (QED) is 0.712. The average Bonchev–Trinajstić information content (AvgIpc) is 3.22. The largest absolute Gasteiger partial charge is 0.484 e. The number of ether oxygens (including phenoxy) is 1. The molecular weight excluding hydrogens is 342 g/mol. The van der Waals surface area contributed by atoms with Crippen LogP contribution in [0.5, 0.6) is 5.75 Å². The molecule has 0 saturated carbocycles. The van der Waals surface area contributed by atoms with Crippen molar-refractivity contribution < 1.29 is 13.9 Å². The van der Waals surface area contributed by atoms with Crippen LogP contribution in [0.25, 0.3) is 0 Å². The van der Waals surface area contributed by atoms with Gasteiger partial charge in [-0.05, 0) is 38.1 Å². The van der Waals surface area contributed by atoms with Crippen LogP contribution in [0.15, 0.2) is 47.0 Å². The summed E-state index contributed by atoms with van der Waals surface area (Å²) in [5, 5.41) is 7.52. The molecule has 6 nitrogen and oxygen atoms in total. The maximum Gasteiger partial charge on any atom is 0.291 e. The van der Waals surface area contributed by atoms with Gasteiger partial charge in [-0.25, -0.2) is 0 Å². The van der Waals surface area contributed by atoms with Crippen molar-refractivity contribution in [2.24, 2.45) is 0 Å². The molecule has 3 rings (SSSR count). The first kappa shape index (κ1) is 17.1. The molecule has 1 aromatic carbocycles. The van der Waals surface area contributed by atoms with Crippen LogP contribution >= 0.6 is 11.6 Å². The Kier molecular flexibility index (Phi) is 5.09. The van der Waals surface area contributed by atoms with Crippen LogP contribution in [0.1, 0.15) is 28.9 Å². The molecule has 130 valence electrons. The summed E-state index contributed by atoms with van der Waals surface area (Å²) in [6.45, 7) is 4.82. The molecule has 2 aromatic heterocycles. The number of anilines is 1. The van der Waals surface area contributed by atoms with Gasteiger partial charge in [0.2, 0.25) is 0 Å². The Balaban J connectivity index is 1.63. The molecule has 0 aliphatic rings. The Bertz CT molecular complexity index is 885. The minimum absolute atomic E-state index is 0.184. The van der Waals surface area contributed by atoms with Crippen molar-refractivity contribution >= 4 is 23.2 Å². The third-order valence-electron chi connectivity index (χ3n) is 3.74. The van der Waals surface area contributed by atoms with Crippen molar-refractivity contribution in [3.8, 4) is 5.75 Å². The van der Waals surface area contributed by atoms with Gasteiger partial charge >= 0.3 is 0 Å². The van der Waals surface area contributed by atoms with Gasteiger partial charge < -0.3 is 14.5 Å². The number of nitrogens with one attached hydrogen (secondary N) is 1. The molecule has 0 spiro atoms. The Hall–Kier alpha value is -2.73. The number of carbonyl (C=O) groups is 1. The van der Waals surface area contributed by atoms with Crippen LogP contribution in [0.2, 0.25) is 5.02 Å². The first-order valence-electron chi connectivity index (χ1n) is 7.88. The highest BCUT2D eigenvalue weighted by Crippen LogP contribution is 2.24. The van der Waals surface area contributed by atoms with Crippen LogP contribution in [-0.2, 0) is 13.2 Å². The van der Waals surface area contributed by atoms with E-state index in [1.54, 1.807) is 35.1 Å². The van der Waals surface area contributed by atoms with E-state index in [1.165, 1.54) is 0 Å². The minimum Gasteiger partial charge on any atom is -0.484 e. The fourth-order valence-corrected chi connectivity index (χ4v) is 2.55. The highest BCUT2D eigenvalue weighted by Gasteiger charge is 2.15. The molecule has 0 fully saturated rings. The van der Waals surface area contributed by atoms with Crippen molar-refractivity contribution in [2.75, 3.05) is 5.32 Å². The number of benzene rings is 1. The molecule has 0 saturated heterocycles. The van der Waals surface area contributed by atoms with Gasteiger partial charge in [0.15, 0.2) is 5.76 Å². The van der Waals surface area contributed by atoms with Crippen LogP contribution < -0.4 is 10.1 Å². The lowest BCUT2D eigenvalue weighted by Crippen LogP contribution is -2.11. The highest BCUT2D eigenvalue weighted by atomic mass is 35.5. The lowest BCUT2D eigenvalue weighted by Gasteiger charge is -2.06. The fourth-order valence-electron chi connectivity index (χ4n) is 2.36. The fraction of sp³-hybridized carbons (Fsp3) is 0.222. The summed E-state index contributed by atoms with van der Waals surface area (Å²) >= 11 is 6.04. The molecular formula is C18H18ClN3O3. The van der Waals surface area contributed by atoms with Gasteiger partial charge in [-0.15, -0.1) is 0 Å². The number of hydrogen-bond donors (Lipinski definition) is 1. The number of amides is 1. The van der Waals surface area contributed by atoms with Gasteiger partial charge in [0, 0.05) is 6.54 Å². The summed E-state index contributed by atoms with van der Waals surface area (Å²) < 4.78 is 13.0. The molecule has 0 atom stereocenters. The van der Waals surface area contributed by atoms with Crippen LogP contribution in [0.4, 0.5) is 5.69 Å². The molecule has 2 heterocycles. The maximum absolute atomic E-state index is 12.3. The molecule has 0 bridgehead atoms. The van der Waals surface area contributed by atoms with Gasteiger partial charge in [0.25, 0.3) is 5.91 Å². The van der Waals surface area contributed by atoms with Crippen LogP contribution in [0, 0.1) is 6.92 Å². The molecule has 7 heteroatoms. The number of para-hydroxylation sites is 1. The zero-order chi connectivity index (χ0) is 17.8. The average molecular weight is 360 g/mol. The number of halogens is 1. The van der Waals surface area contributed by atoms with Crippen LogP contribution in [-0.4, -0.2) is 15.7 Å². The van der Waals surface area contributed by atoms with Crippen LogP contribution in [0.3, 0.4) is 0 Å². The lowest BCUT2D eigenvalue weighted by molar-refractivity contribution is 0.0992. The lowest BCUT2D eigenvalue weighted by atomic mass is 10.3.